The molecule has 0 aliphatic carbocycles. The molecule has 2 heteroatoms. The van der Waals surface area contributed by atoms with Crippen LogP contribution in [0.15, 0.2) is 6.08 Å². The Morgan fingerprint density at radius 1 is 1.05 bits per heavy atom. The zero-order chi connectivity index (χ0) is 14.2. The number of hydrogen-bond donors (Lipinski definition) is 1. The van der Waals surface area contributed by atoms with Crippen LogP contribution in [-0.2, 0) is 11.3 Å². The molecule has 0 saturated carbocycles. The minimum absolute atomic E-state index is 0.0757. The van der Waals surface area contributed by atoms with Crippen LogP contribution in [0.2, 0.25) is 0 Å². The third-order valence-corrected chi connectivity index (χ3v) is 4.39. The average Bonchev–Trinajstić information content (AvgIpc) is 2.41. The normalized spacial score (nSPS) is 16.5. The van der Waals surface area contributed by atoms with Gasteiger partial charge in [0, 0.05) is 12.1 Å². The third kappa shape index (κ3) is 2.20. The Balaban J connectivity index is 2.72. The highest BCUT2D eigenvalue weighted by atomic mass is 16.1. The van der Waals surface area contributed by atoms with E-state index in [1.807, 2.05) is 0 Å². The first kappa shape index (κ1) is 13.9. The second-order valence-electron chi connectivity index (χ2n) is 5.44. The van der Waals surface area contributed by atoms with Gasteiger partial charge in [-0.05, 0) is 67.5 Å². The number of carbonyl (C=O) groups is 1. The summed E-state index contributed by atoms with van der Waals surface area (Å²) in [6, 6.07) is 0. The molecule has 0 unspecified atom stereocenters. The van der Waals surface area contributed by atoms with Gasteiger partial charge in [0.25, 0.3) is 5.91 Å². The van der Waals surface area contributed by atoms with Crippen molar-refractivity contribution in [1.82, 2.24) is 5.32 Å². The summed E-state index contributed by atoms with van der Waals surface area (Å²) in [4.78, 5) is 12.1. The van der Waals surface area contributed by atoms with Gasteiger partial charge in [-0.2, -0.15) is 0 Å². The van der Waals surface area contributed by atoms with Crippen LogP contribution in [-0.4, -0.2) is 5.91 Å². The van der Waals surface area contributed by atoms with Crippen molar-refractivity contribution in [3.63, 3.8) is 0 Å². The van der Waals surface area contributed by atoms with Crippen LogP contribution < -0.4 is 5.32 Å². The van der Waals surface area contributed by atoms with Crippen molar-refractivity contribution >= 4 is 11.5 Å². The zero-order valence-corrected chi connectivity index (χ0v) is 12.6. The minimum Gasteiger partial charge on any atom is -0.348 e. The largest absolute Gasteiger partial charge is 0.348 e. The van der Waals surface area contributed by atoms with Gasteiger partial charge in [-0.15, -0.1) is 0 Å². The number of fused-ring (bicyclic) bond motifs is 1. The summed E-state index contributed by atoms with van der Waals surface area (Å²) in [5.41, 5.74) is 8.58. The monoisotopic (exact) mass is 257 g/mol. The average molecular weight is 257 g/mol. The molecule has 2 nitrogen and oxygen atoms in total. The van der Waals surface area contributed by atoms with Crippen molar-refractivity contribution in [3.8, 4) is 0 Å². The lowest BCUT2D eigenvalue weighted by atomic mass is 9.83. The highest BCUT2D eigenvalue weighted by molar-refractivity contribution is 6.21. The van der Waals surface area contributed by atoms with Gasteiger partial charge in [0.2, 0.25) is 0 Å². The van der Waals surface area contributed by atoms with Crippen LogP contribution in [0.5, 0.6) is 0 Å². The molecule has 2 rings (SSSR count). The number of rotatable bonds is 2. The Bertz CT molecular complexity index is 567. The van der Waals surface area contributed by atoms with E-state index in [1.54, 1.807) is 0 Å². The summed E-state index contributed by atoms with van der Waals surface area (Å²) in [6.07, 6.45) is 4.11. The number of nitrogens with one attached hydrogen (secondary N) is 1. The van der Waals surface area contributed by atoms with E-state index in [0.717, 1.165) is 18.4 Å². The maximum atomic E-state index is 12.1. The van der Waals surface area contributed by atoms with Gasteiger partial charge in [-0.25, -0.2) is 0 Å². The van der Waals surface area contributed by atoms with Gasteiger partial charge >= 0.3 is 0 Å². The molecular formula is C17H23NO. The predicted octanol–water partition coefficient (Wildman–Crippen LogP) is 3.73. The molecule has 102 valence electrons. The van der Waals surface area contributed by atoms with E-state index < -0.39 is 0 Å². The Kier molecular flexibility index (Phi) is 3.79. The summed E-state index contributed by atoms with van der Waals surface area (Å²) >= 11 is 0. The summed E-state index contributed by atoms with van der Waals surface area (Å²) in [5, 5.41) is 3.00. The van der Waals surface area contributed by atoms with Gasteiger partial charge in [0.05, 0.1) is 0 Å². The Hall–Kier alpha value is -1.57. The van der Waals surface area contributed by atoms with E-state index in [0.29, 0.717) is 6.54 Å². The van der Waals surface area contributed by atoms with Crippen LogP contribution >= 0.6 is 0 Å². The minimum atomic E-state index is 0.0757. The number of carbonyl (C=O) groups excluding carboxylic acids is 1. The van der Waals surface area contributed by atoms with E-state index in [2.05, 4.69) is 46.0 Å². The van der Waals surface area contributed by atoms with Gasteiger partial charge in [-0.1, -0.05) is 19.4 Å². The first-order valence-electron chi connectivity index (χ1n) is 7.07. The van der Waals surface area contributed by atoms with Crippen LogP contribution in [0, 0.1) is 27.7 Å². The molecule has 0 saturated heterocycles. The van der Waals surface area contributed by atoms with E-state index in [-0.39, 0.29) is 5.91 Å². The maximum Gasteiger partial charge on any atom is 0.251 e. The molecule has 1 aliphatic rings. The maximum absolute atomic E-state index is 12.1. The van der Waals surface area contributed by atoms with Crippen molar-refractivity contribution in [3.05, 3.63) is 39.5 Å². The highest BCUT2D eigenvalue weighted by Crippen LogP contribution is 2.34. The zero-order valence-electron chi connectivity index (χ0n) is 12.6. The molecule has 1 heterocycles. The number of allylic oxidation sites excluding steroid dienone is 1. The number of amides is 1. The third-order valence-electron chi connectivity index (χ3n) is 4.39. The summed E-state index contributed by atoms with van der Waals surface area (Å²) in [5.74, 6) is 0.0757. The first-order chi connectivity index (χ1) is 8.99. The molecule has 1 amide bonds. The molecule has 0 aromatic heterocycles. The van der Waals surface area contributed by atoms with Crippen LogP contribution in [0.1, 0.15) is 53.1 Å². The molecule has 1 aromatic rings. The fourth-order valence-corrected chi connectivity index (χ4v) is 2.84. The van der Waals surface area contributed by atoms with Crippen LogP contribution in [0.25, 0.3) is 5.57 Å². The molecule has 0 spiro atoms. The Labute approximate surface area is 115 Å². The molecule has 1 aliphatic heterocycles. The van der Waals surface area contributed by atoms with Gasteiger partial charge in [-0.3, -0.25) is 4.79 Å². The SMILES string of the molecule is CCC/C=C1\C(=O)NCc2c(C)c(C)c(C)c(C)c21. The molecule has 19 heavy (non-hydrogen) atoms. The van der Waals surface area contributed by atoms with Crippen molar-refractivity contribution in [2.45, 2.75) is 54.0 Å². The van der Waals surface area contributed by atoms with E-state index in [4.69, 9.17) is 0 Å². The van der Waals surface area contributed by atoms with E-state index >= 15 is 0 Å². The van der Waals surface area contributed by atoms with Crippen LogP contribution in [0.4, 0.5) is 0 Å². The predicted molar refractivity (Wildman–Crippen MR) is 80.1 cm³/mol. The lowest BCUT2D eigenvalue weighted by Gasteiger charge is -2.26. The topological polar surface area (TPSA) is 29.1 Å². The van der Waals surface area contributed by atoms with Gasteiger partial charge in [0.1, 0.15) is 0 Å². The van der Waals surface area contributed by atoms with Gasteiger partial charge < -0.3 is 5.32 Å². The smallest absolute Gasteiger partial charge is 0.251 e. The highest BCUT2D eigenvalue weighted by Gasteiger charge is 2.25. The summed E-state index contributed by atoms with van der Waals surface area (Å²) in [7, 11) is 0. The van der Waals surface area contributed by atoms with E-state index in [1.165, 1.54) is 33.4 Å². The molecule has 0 radical (unpaired) electrons. The van der Waals surface area contributed by atoms with Crippen molar-refractivity contribution in [2.75, 3.05) is 0 Å². The first-order valence-corrected chi connectivity index (χ1v) is 7.07. The fourth-order valence-electron chi connectivity index (χ4n) is 2.84. The quantitative estimate of drug-likeness (QED) is 0.804. The molecular weight excluding hydrogens is 234 g/mol. The lowest BCUT2D eigenvalue weighted by molar-refractivity contribution is -0.116. The Morgan fingerprint density at radius 2 is 1.68 bits per heavy atom. The van der Waals surface area contributed by atoms with Gasteiger partial charge in [0.15, 0.2) is 0 Å². The summed E-state index contributed by atoms with van der Waals surface area (Å²) < 4.78 is 0. The molecule has 0 bridgehead atoms. The van der Waals surface area contributed by atoms with Crippen molar-refractivity contribution < 1.29 is 4.79 Å². The standard InChI is InChI=1S/C17H23NO/c1-6-7-8-14-16-13(5)11(3)10(2)12(4)15(16)9-18-17(14)19/h8H,6-7,9H2,1-5H3,(H,18,19)/b14-8-. The fraction of sp³-hybridized carbons (Fsp3) is 0.471. The molecule has 0 fully saturated rings. The number of hydrogen-bond acceptors (Lipinski definition) is 1. The Morgan fingerprint density at radius 3 is 2.32 bits per heavy atom. The lowest BCUT2D eigenvalue weighted by Crippen LogP contribution is -2.31. The summed E-state index contributed by atoms with van der Waals surface area (Å²) in [6.45, 7) is 11.4. The van der Waals surface area contributed by atoms with Crippen molar-refractivity contribution in [2.24, 2.45) is 0 Å². The van der Waals surface area contributed by atoms with E-state index in [9.17, 15) is 4.79 Å². The molecule has 1 N–H and O–H groups in total. The molecule has 1 aromatic carbocycles. The van der Waals surface area contributed by atoms with Crippen LogP contribution in [0.3, 0.4) is 0 Å². The van der Waals surface area contributed by atoms with Crippen molar-refractivity contribution in [1.29, 1.82) is 0 Å². The second-order valence-corrected chi connectivity index (χ2v) is 5.44. The number of benzene rings is 1. The second kappa shape index (κ2) is 5.20. The molecule has 0 atom stereocenters. The number of unbranched alkanes of at least 4 members (excludes halogenated alkanes) is 1.